The lowest BCUT2D eigenvalue weighted by Gasteiger charge is -2.31. The molecule has 0 unspecified atom stereocenters. The van der Waals surface area contributed by atoms with Gasteiger partial charge in [0.05, 0.1) is 36.3 Å². The molecule has 2 atom stereocenters. The van der Waals surface area contributed by atoms with E-state index in [1.54, 1.807) is 7.11 Å². The summed E-state index contributed by atoms with van der Waals surface area (Å²) in [6, 6.07) is 19.0. The van der Waals surface area contributed by atoms with E-state index in [0.29, 0.717) is 24.4 Å². The third-order valence-corrected chi connectivity index (χ3v) is 9.53. The fourth-order valence-electron chi connectivity index (χ4n) is 5.19. The monoisotopic (exact) mass is 612 g/mol. The van der Waals surface area contributed by atoms with Crippen LogP contribution in [0.25, 0.3) is 0 Å². The summed E-state index contributed by atoms with van der Waals surface area (Å²) >= 11 is 0. The summed E-state index contributed by atoms with van der Waals surface area (Å²) in [4.78, 5) is 13.7. The largest absolute Gasteiger partial charge is 0.497 e. The summed E-state index contributed by atoms with van der Waals surface area (Å²) < 4.78 is 47.5. The normalized spacial score (nSPS) is 16.0. The molecule has 3 aromatic carbocycles. The molecule has 3 aromatic rings. The number of carbonyl (C=O) groups is 1. The van der Waals surface area contributed by atoms with Gasteiger partial charge >= 0.3 is 0 Å². The van der Waals surface area contributed by atoms with Crippen LogP contribution in [0, 0.1) is 5.82 Å². The van der Waals surface area contributed by atoms with Crippen LogP contribution in [0.1, 0.15) is 48.7 Å². The maximum absolute atomic E-state index is 15.9. The van der Waals surface area contributed by atoms with Gasteiger partial charge in [-0.2, -0.15) is 0 Å². The number of carbonyl (C=O) groups excluding carboxylic acids is 1. The Balaban J connectivity index is 1.60. The van der Waals surface area contributed by atoms with Crippen LogP contribution in [0.4, 0.5) is 15.8 Å². The van der Waals surface area contributed by atoms with Gasteiger partial charge in [-0.1, -0.05) is 42.5 Å². The predicted molar refractivity (Wildman–Crippen MR) is 168 cm³/mol. The number of anilines is 2. The Kier molecular flexibility index (Phi) is 10.3. The van der Waals surface area contributed by atoms with Crippen LogP contribution in [-0.4, -0.2) is 64.1 Å². The number of nitrogens with one attached hydrogen (secondary N) is 3. The third kappa shape index (κ3) is 7.84. The second-order valence-corrected chi connectivity index (χ2v) is 13.2. The van der Waals surface area contributed by atoms with E-state index in [0.717, 1.165) is 15.4 Å². The van der Waals surface area contributed by atoms with Crippen LogP contribution in [0.5, 0.6) is 5.75 Å². The van der Waals surface area contributed by atoms with Gasteiger partial charge in [-0.3, -0.25) is 9.10 Å². The highest BCUT2D eigenvalue weighted by molar-refractivity contribution is 7.93. The van der Waals surface area contributed by atoms with Crippen LogP contribution < -0.4 is 25.0 Å². The molecule has 0 saturated carbocycles. The molecule has 43 heavy (non-hydrogen) atoms. The van der Waals surface area contributed by atoms with Crippen LogP contribution >= 0.6 is 0 Å². The topological polar surface area (TPSA) is 120 Å². The smallest absolute Gasteiger partial charge is 0.254 e. The second-order valence-electron chi connectivity index (χ2n) is 11.2. The Bertz CT molecular complexity index is 1520. The Morgan fingerprint density at radius 2 is 1.86 bits per heavy atom. The number of nitrogens with zero attached hydrogens (tertiary/aromatic N) is 1. The first kappa shape index (κ1) is 32.2. The lowest BCUT2D eigenvalue weighted by molar-refractivity contribution is 0.0810. The highest BCUT2D eigenvalue weighted by atomic mass is 32.2. The summed E-state index contributed by atoms with van der Waals surface area (Å²) in [6.07, 6.45) is -0.386. The fraction of sp³-hybridized carbons (Fsp3) is 0.406. The fourth-order valence-corrected chi connectivity index (χ4v) is 6.74. The first-order valence-corrected chi connectivity index (χ1v) is 16.1. The number of ether oxygens (including phenoxy) is 1. The van der Waals surface area contributed by atoms with Crippen LogP contribution in [0.15, 0.2) is 66.7 Å². The van der Waals surface area contributed by atoms with Crippen molar-refractivity contribution in [2.75, 3.05) is 42.1 Å². The van der Waals surface area contributed by atoms with Gasteiger partial charge in [-0.05, 0) is 69.0 Å². The molecule has 232 valence electrons. The van der Waals surface area contributed by atoms with Crippen LogP contribution in [-0.2, 0) is 22.0 Å². The molecule has 1 fully saturated rings. The summed E-state index contributed by atoms with van der Waals surface area (Å²) in [5.74, 6) is -1.04. The lowest BCUT2D eigenvalue weighted by Crippen LogP contribution is -2.51. The number of rotatable bonds is 13. The third-order valence-electron chi connectivity index (χ3n) is 7.67. The molecule has 1 aliphatic rings. The van der Waals surface area contributed by atoms with Gasteiger partial charge in [0.15, 0.2) is 5.82 Å². The van der Waals surface area contributed by atoms with Crippen molar-refractivity contribution < 1.29 is 27.4 Å². The molecule has 0 aliphatic carbocycles. The molecule has 0 bridgehead atoms. The van der Waals surface area contributed by atoms with E-state index in [-0.39, 0.29) is 36.5 Å². The van der Waals surface area contributed by atoms with Gasteiger partial charge in [0.25, 0.3) is 5.91 Å². The lowest BCUT2D eigenvalue weighted by atomic mass is 9.93. The van der Waals surface area contributed by atoms with E-state index < -0.39 is 39.4 Å². The van der Waals surface area contributed by atoms with Crippen molar-refractivity contribution in [2.24, 2.45) is 0 Å². The number of aliphatic hydroxyl groups excluding tert-OH is 1. The van der Waals surface area contributed by atoms with E-state index in [9.17, 15) is 18.3 Å². The number of sulfonamides is 1. The molecule has 1 aliphatic heterocycles. The number of amides is 1. The van der Waals surface area contributed by atoms with Gasteiger partial charge in [-0.15, -0.1) is 0 Å². The van der Waals surface area contributed by atoms with Gasteiger partial charge in [0.2, 0.25) is 10.0 Å². The molecule has 1 amide bonds. The maximum Gasteiger partial charge on any atom is 0.254 e. The maximum atomic E-state index is 15.9. The number of benzene rings is 3. The van der Waals surface area contributed by atoms with Gasteiger partial charge in [0, 0.05) is 30.9 Å². The molecule has 9 nitrogen and oxygen atoms in total. The number of halogens is 1. The molecular weight excluding hydrogens is 571 g/mol. The molecule has 11 heteroatoms. The van der Waals surface area contributed by atoms with Crippen molar-refractivity contribution in [2.45, 2.75) is 51.3 Å². The summed E-state index contributed by atoms with van der Waals surface area (Å²) in [5.41, 5.74) is 1.25. The highest BCUT2D eigenvalue weighted by Crippen LogP contribution is 2.32. The minimum absolute atomic E-state index is 0.0795. The highest BCUT2D eigenvalue weighted by Gasteiger charge is 2.33. The first-order valence-electron chi connectivity index (χ1n) is 14.5. The molecule has 0 radical (unpaired) electrons. The van der Waals surface area contributed by atoms with Crippen molar-refractivity contribution in [1.82, 2.24) is 10.6 Å². The second kappa shape index (κ2) is 13.7. The number of hydrogen-bond acceptors (Lipinski definition) is 7. The van der Waals surface area contributed by atoms with Gasteiger partial charge < -0.3 is 25.8 Å². The minimum atomic E-state index is -3.69. The molecule has 0 aromatic heterocycles. The molecule has 4 N–H and O–H groups in total. The van der Waals surface area contributed by atoms with E-state index in [4.69, 9.17) is 4.74 Å². The number of aliphatic hydroxyl groups is 1. The quantitative estimate of drug-likeness (QED) is 0.230. The van der Waals surface area contributed by atoms with Gasteiger partial charge in [0.1, 0.15) is 5.75 Å². The Hall–Kier alpha value is -3.67. The molecule has 1 heterocycles. The summed E-state index contributed by atoms with van der Waals surface area (Å²) in [6.45, 7) is 6.56. The standard InChI is InChI=1S/C32H41FN4O5S/c1-5-34-24-19-26(30(33)28(20-24)37-15-10-16-43(37,40)41)31(39)36-27(17-22-11-7-6-8-12-22)29(38)21-35-32(2,3)23-13-9-14-25(18-23)42-4/h6-9,11-14,18-20,27,29,34-35,38H,5,10,15-17,21H2,1-4H3,(H,36,39)/t27-,29+/m0/s1. The predicted octanol–water partition coefficient (Wildman–Crippen LogP) is 4.03. The Morgan fingerprint density at radius 1 is 1.12 bits per heavy atom. The van der Waals surface area contributed by atoms with Crippen LogP contribution in [0.3, 0.4) is 0 Å². The average Bonchev–Trinajstić information content (AvgIpc) is 3.35. The van der Waals surface area contributed by atoms with Crippen molar-refractivity contribution >= 4 is 27.3 Å². The SMILES string of the molecule is CCNc1cc(C(=O)N[C@@H](Cc2ccccc2)[C@H](O)CNC(C)(C)c2cccc(OC)c2)c(F)c(N2CCCS2(=O)=O)c1. The van der Waals surface area contributed by atoms with Crippen molar-refractivity contribution in [3.05, 3.63) is 89.2 Å². The van der Waals surface area contributed by atoms with Crippen molar-refractivity contribution in [3.63, 3.8) is 0 Å². The zero-order valence-corrected chi connectivity index (χ0v) is 25.9. The summed E-state index contributed by atoms with van der Waals surface area (Å²) in [5, 5.41) is 20.7. The van der Waals surface area contributed by atoms with Gasteiger partial charge in [-0.25, -0.2) is 12.8 Å². The van der Waals surface area contributed by atoms with E-state index in [2.05, 4.69) is 16.0 Å². The summed E-state index contributed by atoms with van der Waals surface area (Å²) in [7, 11) is -2.08. The molecule has 0 spiro atoms. The number of methoxy groups -OCH3 is 1. The minimum Gasteiger partial charge on any atom is -0.497 e. The Labute approximate surface area is 253 Å². The zero-order valence-electron chi connectivity index (χ0n) is 25.1. The van der Waals surface area contributed by atoms with Crippen LogP contribution in [0.2, 0.25) is 0 Å². The first-order chi connectivity index (χ1) is 20.4. The molecule has 4 rings (SSSR count). The van der Waals surface area contributed by atoms with Crippen molar-refractivity contribution in [1.29, 1.82) is 0 Å². The molecular formula is C32H41FN4O5S. The zero-order chi connectivity index (χ0) is 31.2. The number of hydrogen-bond donors (Lipinski definition) is 4. The van der Waals surface area contributed by atoms with E-state index in [1.165, 1.54) is 12.1 Å². The molecule has 1 saturated heterocycles. The Morgan fingerprint density at radius 3 is 2.51 bits per heavy atom. The van der Waals surface area contributed by atoms with E-state index in [1.807, 2.05) is 75.4 Å². The van der Waals surface area contributed by atoms with E-state index >= 15 is 4.39 Å². The van der Waals surface area contributed by atoms with Crippen molar-refractivity contribution in [3.8, 4) is 5.75 Å². The average molecular weight is 613 g/mol.